The lowest BCUT2D eigenvalue weighted by atomic mass is 10.2. The van der Waals surface area contributed by atoms with Crippen molar-refractivity contribution in [2.24, 2.45) is 5.73 Å². The van der Waals surface area contributed by atoms with Gasteiger partial charge in [0.05, 0.1) is 6.04 Å². The van der Waals surface area contributed by atoms with Gasteiger partial charge in [-0.2, -0.15) is 0 Å². The van der Waals surface area contributed by atoms with Crippen LogP contribution in [-0.4, -0.2) is 25.0 Å². The van der Waals surface area contributed by atoms with E-state index < -0.39 is 0 Å². The highest BCUT2D eigenvalue weighted by Crippen LogP contribution is 2.23. The standard InChI is InChI=1S/C9H15BrN2O/c1-7(12(2)6-5-11)8-3-4-9(10)13-8/h3-4,7H,5-6,11H2,1-2H3. The second kappa shape index (κ2) is 4.79. The van der Waals surface area contributed by atoms with E-state index in [0.29, 0.717) is 6.54 Å². The molecule has 4 heteroatoms. The molecule has 0 spiro atoms. The van der Waals surface area contributed by atoms with Gasteiger partial charge < -0.3 is 10.2 Å². The maximum absolute atomic E-state index is 5.47. The molecule has 0 saturated carbocycles. The largest absolute Gasteiger partial charge is 0.453 e. The molecular weight excluding hydrogens is 232 g/mol. The molecule has 0 bridgehead atoms. The number of rotatable bonds is 4. The molecule has 2 N–H and O–H groups in total. The maximum Gasteiger partial charge on any atom is 0.169 e. The van der Waals surface area contributed by atoms with Gasteiger partial charge in [0.25, 0.3) is 0 Å². The molecule has 1 rings (SSSR count). The van der Waals surface area contributed by atoms with Crippen LogP contribution in [0, 0.1) is 0 Å². The summed E-state index contributed by atoms with van der Waals surface area (Å²) in [4.78, 5) is 2.16. The predicted molar refractivity (Wildman–Crippen MR) is 56.5 cm³/mol. The third-order valence-corrected chi connectivity index (χ3v) is 2.57. The molecule has 3 nitrogen and oxygen atoms in total. The van der Waals surface area contributed by atoms with Gasteiger partial charge in [-0.25, -0.2) is 0 Å². The van der Waals surface area contributed by atoms with E-state index in [2.05, 4.69) is 27.8 Å². The SMILES string of the molecule is CC(c1ccc(Br)o1)N(C)CCN. The molecule has 0 aliphatic carbocycles. The summed E-state index contributed by atoms with van der Waals surface area (Å²) >= 11 is 3.28. The average Bonchev–Trinajstić information content (AvgIpc) is 2.51. The van der Waals surface area contributed by atoms with E-state index in [4.69, 9.17) is 10.2 Å². The van der Waals surface area contributed by atoms with Crippen molar-refractivity contribution in [1.82, 2.24) is 4.90 Å². The van der Waals surface area contributed by atoms with E-state index in [1.807, 2.05) is 19.2 Å². The summed E-state index contributed by atoms with van der Waals surface area (Å²) in [6, 6.07) is 4.15. The highest BCUT2D eigenvalue weighted by Gasteiger charge is 2.13. The van der Waals surface area contributed by atoms with Gasteiger partial charge in [-0.05, 0) is 42.0 Å². The number of hydrogen-bond acceptors (Lipinski definition) is 3. The Labute approximate surface area is 87.0 Å². The Hall–Kier alpha value is -0.320. The third-order valence-electron chi connectivity index (χ3n) is 2.15. The summed E-state index contributed by atoms with van der Waals surface area (Å²) in [6.07, 6.45) is 0. The third kappa shape index (κ3) is 2.83. The highest BCUT2D eigenvalue weighted by molar-refractivity contribution is 9.10. The van der Waals surface area contributed by atoms with E-state index in [0.717, 1.165) is 17.0 Å². The van der Waals surface area contributed by atoms with Crippen molar-refractivity contribution in [3.8, 4) is 0 Å². The van der Waals surface area contributed by atoms with Gasteiger partial charge in [-0.15, -0.1) is 0 Å². The molecule has 1 aromatic rings. The number of nitrogens with two attached hydrogens (primary N) is 1. The molecule has 0 aliphatic heterocycles. The molecule has 0 amide bonds. The molecule has 1 atom stereocenters. The zero-order valence-corrected chi connectivity index (χ0v) is 9.54. The minimum Gasteiger partial charge on any atom is -0.453 e. The minimum absolute atomic E-state index is 0.273. The van der Waals surface area contributed by atoms with Crippen LogP contribution in [0.4, 0.5) is 0 Å². The van der Waals surface area contributed by atoms with Crippen LogP contribution < -0.4 is 5.73 Å². The van der Waals surface area contributed by atoms with Crippen molar-refractivity contribution in [2.75, 3.05) is 20.1 Å². The predicted octanol–water partition coefficient (Wildman–Crippen LogP) is 1.99. The molecule has 74 valence electrons. The van der Waals surface area contributed by atoms with Gasteiger partial charge in [0.15, 0.2) is 4.67 Å². The zero-order chi connectivity index (χ0) is 9.84. The lowest BCUT2D eigenvalue weighted by Crippen LogP contribution is -2.27. The molecule has 0 aliphatic rings. The van der Waals surface area contributed by atoms with E-state index in [1.165, 1.54) is 0 Å². The first kappa shape index (κ1) is 10.8. The number of furan rings is 1. The Balaban J connectivity index is 2.61. The number of halogens is 1. The first-order chi connectivity index (χ1) is 6.15. The van der Waals surface area contributed by atoms with E-state index >= 15 is 0 Å². The number of nitrogens with zero attached hydrogens (tertiary/aromatic N) is 1. The van der Waals surface area contributed by atoms with Gasteiger partial charge in [-0.3, -0.25) is 4.90 Å². The Morgan fingerprint density at radius 1 is 1.62 bits per heavy atom. The van der Waals surface area contributed by atoms with Gasteiger partial charge in [0, 0.05) is 13.1 Å². The van der Waals surface area contributed by atoms with Crippen LogP contribution in [-0.2, 0) is 0 Å². The summed E-state index contributed by atoms with van der Waals surface area (Å²) < 4.78 is 6.22. The average molecular weight is 247 g/mol. The van der Waals surface area contributed by atoms with E-state index in [1.54, 1.807) is 0 Å². The number of hydrogen-bond donors (Lipinski definition) is 1. The molecule has 1 heterocycles. The Bertz CT molecular complexity index is 262. The van der Waals surface area contributed by atoms with Crippen molar-refractivity contribution in [3.05, 3.63) is 22.6 Å². The van der Waals surface area contributed by atoms with Crippen LogP contribution >= 0.6 is 15.9 Å². The topological polar surface area (TPSA) is 42.4 Å². The smallest absolute Gasteiger partial charge is 0.169 e. The second-order valence-corrected chi connectivity index (χ2v) is 3.87. The van der Waals surface area contributed by atoms with Crippen LogP contribution in [0.15, 0.2) is 21.2 Å². The van der Waals surface area contributed by atoms with Crippen LogP contribution in [0.5, 0.6) is 0 Å². The molecular formula is C9H15BrN2O. The molecule has 0 radical (unpaired) electrons. The van der Waals surface area contributed by atoms with Crippen molar-refractivity contribution in [1.29, 1.82) is 0 Å². The molecule has 1 aromatic heterocycles. The number of likely N-dealkylation sites (N-methyl/N-ethyl adjacent to an activating group) is 1. The monoisotopic (exact) mass is 246 g/mol. The fourth-order valence-corrected chi connectivity index (χ4v) is 1.49. The van der Waals surface area contributed by atoms with E-state index in [-0.39, 0.29) is 6.04 Å². The van der Waals surface area contributed by atoms with Gasteiger partial charge in [0.2, 0.25) is 0 Å². The lowest BCUT2D eigenvalue weighted by molar-refractivity contribution is 0.235. The minimum atomic E-state index is 0.273. The zero-order valence-electron chi connectivity index (χ0n) is 7.96. The quantitative estimate of drug-likeness (QED) is 0.884. The van der Waals surface area contributed by atoms with E-state index in [9.17, 15) is 0 Å². The Morgan fingerprint density at radius 2 is 2.31 bits per heavy atom. The van der Waals surface area contributed by atoms with Crippen molar-refractivity contribution in [2.45, 2.75) is 13.0 Å². The maximum atomic E-state index is 5.47. The second-order valence-electron chi connectivity index (χ2n) is 3.09. The van der Waals surface area contributed by atoms with Crippen LogP contribution in [0.25, 0.3) is 0 Å². The highest BCUT2D eigenvalue weighted by atomic mass is 79.9. The van der Waals surface area contributed by atoms with Crippen LogP contribution in [0.2, 0.25) is 0 Å². The summed E-state index contributed by atoms with van der Waals surface area (Å²) in [7, 11) is 2.04. The molecule has 0 saturated heterocycles. The molecule has 13 heavy (non-hydrogen) atoms. The van der Waals surface area contributed by atoms with Crippen molar-refractivity contribution in [3.63, 3.8) is 0 Å². The summed E-state index contributed by atoms with van der Waals surface area (Å²) in [5, 5.41) is 0. The fourth-order valence-electron chi connectivity index (χ4n) is 1.17. The lowest BCUT2D eigenvalue weighted by Gasteiger charge is -2.21. The fraction of sp³-hybridized carbons (Fsp3) is 0.556. The van der Waals surface area contributed by atoms with Crippen LogP contribution in [0.1, 0.15) is 18.7 Å². The molecule has 1 unspecified atom stereocenters. The summed E-state index contributed by atoms with van der Waals surface area (Å²) in [6.45, 7) is 3.64. The Kier molecular flexibility index (Phi) is 3.96. The molecule has 0 fully saturated rings. The first-order valence-corrected chi connectivity index (χ1v) is 5.10. The van der Waals surface area contributed by atoms with Gasteiger partial charge in [-0.1, -0.05) is 0 Å². The van der Waals surface area contributed by atoms with Gasteiger partial charge in [0.1, 0.15) is 5.76 Å². The van der Waals surface area contributed by atoms with Crippen molar-refractivity contribution < 1.29 is 4.42 Å². The van der Waals surface area contributed by atoms with Crippen LogP contribution in [0.3, 0.4) is 0 Å². The first-order valence-electron chi connectivity index (χ1n) is 4.30. The Morgan fingerprint density at radius 3 is 2.77 bits per heavy atom. The molecule has 0 aromatic carbocycles. The normalized spacial score (nSPS) is 13.6. The summed E-state index contributed by atoms with van der Waals surface area (Å²) in [5.41, 5.74) is 5.47. The summed E-state index contributed by atoms with van der Waals surface area (Å²) in [5.74, 6) is 0.961. The van der Waals surface area contributed by atoms with Gasteiger partial charge >= 0.3 is 0 Å². The van der Waals surface area contributed by atoms with Crippen molar-refractivity contribution >= 4 is 15.9 Å².